The predicted octanol–water partition coefficient (Wildman–Crippen LogP) is 2.52. The smallest absolute Gasteiger partial charge is 0.220 e. The van der Waals surface area contributed by atoms with Crippen molar-refractivity contribution in [2.24, 2.45) is 4.99 Å². The molecule has 0 aliphatic carbocycles. The summed E-state index contributed by atoms with van der Waals surface area (Å²) in [5.41, 5.74) is 0.445. The zero-order chi connectivity index (χ0) is 17.5. The minimum atomic E-state index is -0.582. The second-order valence-corrected chi connectivity index (χ2v) is 5.97. The Kier molecular flexibility index (Phi) is 9.09. The van der Waals surface area contributed by atoms with Gasteiger partial charge in [-0.05, 0) is 25.0 Å². The summed E-state index contributed by atoms with van der Waals surface area (Å²) in [5, 5.41) is 9.24. The average Bonchev–Trinajstić information content (AvgIpc) is 2.54. The van der Waals surface area contributed by atoms with Crippen molar-refractivity contribution in [3.8, 4) is 0 Å². The maximum absolute atomic E-state index is 13.8. The van der Waals surface area contributed by atoms with E-state index in [1.165, 1.54) is 12.1 Å². The summed E-state index contributed by atoms with van der Waals surface area (Å²) in [6.07, 6.45) is 1.24. The van der Waals surface area contributed by atoms with Crippen LogP contribution >= 0.6 is 24.0 Å². The molecule has 2 atom stereocenters. The largest absolute Gasteiger partial charge is 0.357 e. The third kappa shape index (κ3) is 6.75. The molecule has 25 heavy (non-hydrogen) atoms. The molecule has 0 bridgehead atoms. The number of rotatable bonds is 5. The summed E-state index contributed by atoms with van der Waals surface area (Å²) < 4.78 is 26.8. The van der Waals surface area contributed by atoms with Crippen LogP contribution in [0.15, 0.2) is 23.2 Å². The first-order valence-corrected chi connectivity index (χ1v) is 8.26. The fraction of sp³-hybridized carbons (Fsp3) is 0.529. The van der Waals surface area contributed by atoms with E-state index in [2.05, 4.69) is 20.9 Å². The minimum Gasteiger partial charge on any atom is -0.357 e. The Bertz CT molecular complexity index is 602. The van der Waals surface area contributed by atoms with E-state index in [0.29, 0.717) is 37.6 Å². The molecule has 1 amide bonds. The molecular formula is C17H25F2IN4O. The fourth-order valence-corrected chi connectivity index (χ4v) is 2.60. The number of piperidine rings is 1. The van der Waals surface area contributed by atoms with Gasteiger partial charge in [0.05, 0.1) is 0 Å². The molecule has 0 spiro atoms. The van der Waals surface area contributed by atoms with Crippen molar-refractivity contribution in [1.29, 1.82) is 0 Å². The lowest BCUT2D eigenvalue weighted by Gasteiger charge is -2.25. The highest BCUT2D eigenvalue weighted by atomic mass is 127. The zero-order valence-electron chi connectivity index (χ0n) is 14.4. The first-order valence-electron chi connectivity index (χ1n) is 8.26. The highest BCUT2D eigenvalue weighted by Crippen LogP contribution is 2.20. The number of carbonyl (C=O) groups is 1. The number of hydrogen-bond donors (Lipinski definition) is 3. The maximum Gasteiger partial charge on any atom is 0.220 e. The van der Waals surface area contributed by atoms with E-state index in [4.69, 9.17) is 0 Å². The van der Waals surface area contributed by atoms with Crippen LogP contribution in [0.2, 0.25) is 0 Å². The van der Waals surface area contributed by atoms with Crippen LogP contribution in [-0.2, 0) is 4.79 Å². The highest BCUT2D eigenvalue weighted by molar-refractivity contribution is 14.0. The van der Waals surface area contributed by atoms with Crippen LogP contribution in [0.5, 0.6) is 0 Å². The zero-order valence-corrected chi connectivity index (χ0v) is 16.8. The number of carbonyl (C=O) groups excluding carboxylic acids is 1. The van der Waals surface area contributed by atoms with E-state index < -0.39 is 11.6 Å². The van der Waals surface area contributed by atoms with Crippen molar-refractivity contribution in [2.75, 3.05) is 19.6 Å². The van der Waals surface area contributed by atoms with E-state index in [-0.39, 0.29) is 41.8 Å². The van der Waals surface area contributed by atoms with Gasteiger partial charge in [0.25, 0.3) is 0 Å². The molecule has 0 saturated carbocycles. The molecule has 5 nitrogen and oxygen atoms in total. The Morgan fingerprint density at radius 2 is 2.20 bits per heavy atom. The molecule has 8 heteroatoms. The number of guanidine groups is 1. The SMILES string of the molecule is CCNC(=NCC(C)c1ccc(F)cc1F)NC1CCC(=O)NC1.I. The Morgan fingerprint density at radius 3 is 2.80 bits per heavy atom. The molecule has 0 aromatic heterocycles. The van der Waals surface area contributed by atoms with Gasteiger partial charge >= 0.3 is 0 Å². The first-order chi connectivity index (χ1) is 11.5. The minimum absolute atomic E-state index is 0. The molecule has 1 aromatic carbocycles. The molecule has 2 unspecified atom stereocenters. The number of halogens is 3. The second kappa shape index (κ2) is 10.5. The molecule has 1 aliphatic heterocycles. The molecule has 1 fully saturated rings. The van der Waals surface area contributed by atoms with Gasteiger partial charge in [0.2, 0.25) is 5.91 Å². The Balaban J connectivity index is 0.00000312. The summed E-state index contributed by atoms with van der Waals surface area (Å²) in [5.74, 6) is -0.609. The van der Waals surface area contributed by atoms with Gasteiger partial charge in [-0.1, -0.05) is 13.0 Å². The van der Waals surface area contributed by atoms with Crippen molar-refractivity contribution in [1.82, 2.24) is 16.0 Å². The van der Waals surface area contributed by atoms with Crippen LogP contribution in [0.4, 0.5) is 8.78 Å². The third-order valence-electron chi connectivity index (χ3n) is 3.97. The lowest BCUT2D eigenvalue weighted by atomic mass is 10.0. The van der Waals surface area contributed by atoms with E-state index in [9.17, 15) is 13.6 Å². The first kappa shape index (κ1) is 21.6. The van der Waals surface area contributed by atoms with Crippen molar-refractivity contribution in [3.63, 3.8) is 0 Å². The lowest BCUT2D eigenvalue weighted by molar-refractivity contribution is -0.122. The molecular weight excluding hydrogens is 441 g/mol. The second-order valence-electron chi connectivity index (χ2n) is 5.97. The molecule has 1 saturated heterocycles. The van der Waals surface area contributed by atoms with E-state index in [1.54, 1.807) is 0 Å². The van der Waals surface area contributed by atoms with Crippen molar-refractivity contribution >= 4 is 35.8 Å². The van der Waals surface area contributed by atoms with Crippen LogP contribution in [0.1, 0.15) is 38.2 Å². The monoisotopic (exact) mass is 466 g/mol. The standard InChI is InChI=1S/C17H24F2N4O.HI/c1-3-20-17(23-13-5-7-16(24)21-10-13)22-9-11(2)14-6-4-12(18)8-15(14)19;/h4,6,8,11,13H,3,5,7,9-10H2,1-2H3,(H,21,24)(H2,20,22,23);1H. The quantitative estimate of drug-likeness (QED) is 0.355. The van der Waals surface area contributed by atoms with Crippen LogP contribution in [-0.4, -0.2) is 37.5 Å². The molecule has 1 aliphatic rings. The number of nitrogens with zero attached hydrogens (tertiary/aromatic N) is 1. The van der Waals surface area contributed by atoms with Crippen LogP contribution in [0.25, 0.3) is 0 Å². The number of aliphatic imine (C=N–C) groups is 1. The van der Waals surface area contributed by atoms with Gasteiger partial charge in [-0.25, -0.2) is 8.78 Å². The molecule has 0 radical (unpaired) electrons. The average molecular weight is 466 g/mol. The number of amides is 1. The van der Waals surface area contributed by atoms with Crippen molar-refractivity contribution in [3.05, 3.63) is 35.4 Å². The highest BCUT2D eigenvalue weighted by Gasteiger charge is 2.19. The number of nitrogens with one attached hydrogen (secondary N) is 3. The summed E-state index contributed by atoms with van der Waals surface area (Å²) in [6.45, 7) is 5.44. The summed E-state index contributed by atoms with van der Waals surface area (Å²) in [7, 11) is 0. The normalized spacial score (nSPS) is 18.8. The lowest BCUT2D eigenvalue weighted by Crippen LogP contribution is -2.51. The molecule has 2 rings (SSSR count). The van der Waals surface area contributed by atoms with Gasteiger partial charge in [-0.3, -0.25) is 9.79 Å². The molecule has 140 valence electrons. The topological polar surface area (TPSA) is 65.5 Å². The predicted molar refractivity (Wildman–Crippen MR) is 105 cm³/mol. The van der Waals surface area contributed by atoms with Crippen LogP contribution < -0.4 is 16.0 Å². The molecule has 3 N–H and O–H groups in total. The van der Waals surface area contributed by atoms with E-state index in [1.807, 2.05) is 13.8 Å². The van der Waals surface area contributed by atoms with Crippen LogP contribution in [0, 0.1) is 11.6 Å². The van der Waals surface area contributed by atoms with E-state index >= 15 is 0 Å². The van der Waals surface area contributed by atoms with Gasteiger partial charge in [-0.15, -0.1) is 24.0 Å². The summed E-state index contributed by atoms with van der Waals surface area (Å²) >= 11 is 0. The number of benzene rings is 1. The summed E-state index contributed by atoms with van der Waals surface area (Å²) in [4.78, 5) is 15.7. The molecule has 1 heterocycles. The van der Waals surface area contributed by atoms with Crippen molar-refractivity contribution < 1.29 is 13.6 Å². The van der Waals surface area contributed by atoms with Gasteiger partial charge in [0, 0.05) is 44.1 Å². The fourth-order valence-electron chi connectivity index (χ4n) is 2.60. The van der Waals surface area contributed by atoms with Gasteiger partial charge in [0.15, 0.2) is 5.96 Å². The Hall–Kier alpha value is -1.45. The number of hydrogen-bond acceptors (Lipinski definition) is 2. The van der Waals surface area contributed by atoms with Crippen molar-refractivity contribution in [2.45, 2.75) is 38.6 Å². The van der Waals surface area contributed by atoms with Gasteiger partial charge < -0.3 is 16.0 Å². The maximum atomic E-state index is 13.8. The van der Waals surface area contributed by atoms with E-state index in [0.717, 1.165) is 12.5 Å². The van der Waals surface area contributed by atoms with Gasteiger partial charge in [0.1, 0.15) is 11.6 Å². The molecule has 1 aromatic rings. The Morgan fingerprint density at radius 1 is 1.44 bits per heavy atom. The third-order valence-corrected chi connectivity index (χ3v) is 3.97. The van der Waals surface area contributed by atoms with Crippen LogP contribution in [0.3, 0.4) is 0 Å². The summed E-state index contributed by atoms with van der Waals surface area (Å²) in [6, 6.07) is 3.73. The Labute approximate surface area is 164 Å². The van der Waals surface area contributed by atoms with Gasteiger partial charge in [-0.2, -0.15) is 0 Å².